The van der Waals surface area contributed by atoms with Gasteiger partial charge in [0.25, 0.3) is 0 Å². The number of aliphatic carboxylic acids is 1. The molecule has 0 aliphatic heterocycles. The first kappa shape index (κ1) is 18.6. The number of carbonyl (C=O) groups is 1. The molecule has 5 N–H and O–H groups in total. The van der Waals surface area contributed by atoms with Gasteiger partial charge in [0.2, 0.25) is 5.96 Å². The van der Waals surface area contributed by atoms with Gasteiger partial charge in [-0.15, -0.1) is 4.76 Å². The Hall–Kier alpha value is -2.40. The highest BCUT2D eigenvalue weighted by atomic mass is 31.2. The van der Waals surface area contributed by atoms with Crippen molar-refractivity contribution in [1.29, 1.82) is 5.26 Å². The number of rotatable bonds is 3. The Morgan fingerprint density at radius 3 is 2.29 bits per heavy atom. The van der Waals surface area contributed by atoms with Crippen molar-refractivity contribution >= 4 is 19.7 Å². The van der Waals surface area contributed by atoms with E-state index < -0.39 is 26.2 Å². The van der Waals surface area contributed by atoms with Gasteiger partial charge in [0.15, 0.2) is 0 Å². The maximum Gasteiger partial charge on any atom is 0.451 e. The number of nitrogens with two attached hydrogens (primary N) is 1. The molecule has 0 aliphatic rings. The molecule has 21 heavy (non-hydrogen) atoms. The fourth-order valence-electron chi connectivity index (χ4n) is 1.01. The van der Waals surface area contributed by atoms with E-state index in [0.29, 0.717) is 5.56 Å². The summed E-state index contributed by atoms with van der Waals surface area (Å²) >= 11 is 0. The number of nitrogens with zero attached hydrogens (tertiary/aromatic N) is 3. The summed E-state index contributed by atoms with van der Waals surface area (Å²) in [5, 5.41) is 16.6. The number of likely N-dealkylation sites (N-methyl/N-ethyl adjacent to an activating group) is 1. The standard InChI is InChI=1S/C7H5N.C4H10N3O5P/c8-6-7-4-2-1-3-5-7;1-7(2-3(8)9)4(5)6-13(10,11)12/h1-5H;2H2,1H3,(H,8,9)(H4,5,6,10,11,12). The van der Waals surface area contributed by atoms with E-state index in [-0.39, 0.29) is 0 Å². The first-order chi connectivity index (χ1) is 9.65. The van der Waals surface area contributed by atoms with Crippen molar-refractivity contribution in [3.63, 3.8) is 0 Å². The predicted molar refractivity (Wildman–Crippen MR) is 75.1 cm³/mol. The largest absolute Gasteiger partial charge is 0.480 e. The maximum absolute atomic E-state index is 10.3. The molecule has 0 fully saturated rings. The van der Waals surface area contributed by atoms with Crippen LogP contribution in [0.1, 0.15) is 5.56 Å². The van der Waals surface area contributed by atoms with E-state index in [4.69, 9.17) is 25.9 Å². The Balaban J connectivity index is 0.000000423. The van der Waals surface area contributed by atoms with E-state index in [2.05, 4.69) is 4.76 Å². The van der Waals surface area contributed by atoms with Crippen LogP contribution in [0.3, 0.4) is 0 Å². The lowest BCUT2D eigenvalue weighted by molar-refractivity contribution is -0.137. The van der Waals surface area contributed by atoms with Crippen LogP contribution in [0.2, 0.25) is 0 Å². The summed E-state index contributed by atoms with van der Waals surface area (Å²) in [4.78, 5) is 27.7. The van der Waals surface area contributed by atoms with E-state index in [1.165, 1.54) is 7.05 Å². The smallest absolute Gasteiger partial charge is 0.451 e. The van der Waals surface area contributed by atoms with Crippen LogP contribution < -0.4 is 5.73 Å². The molecule has 0 atom stereocenters. The van der Waals surface area contributed by atoms with Gasteiger partial charge in [-0.05, 0) is 12.1 Å². The molecule has 0 spiro atoms. The van der Waals surface area contributed by atoms with Gasteiger partial charge in [-0.3, -0.25) is 4.79 Å². The Morgan fingerprint density at radius 1 is 1.43 bits per heavy atom. The van der Waals surface area contributed by atoms with Crippen LogP contribution in [0.25, 0.3) is 0 Å². The fraction of sp³-hybridized carbons (Fsp3) is 0.182. The van der Waals surface area contributed by atoms with Crippen LogP contribution in [-0.2, 0) is 9.36 Å². The lowest BCUT2D eigenvalue weighted by Crippen LogP contribution is -2.37. The number of hydrogen-bond donors (Lipinski definition) is 4. The van der Waals surface area contributed by atoms with E-state index in [1.54, 1.807) is 12.1 Å². The van der Waals surface area contributed by atoms with Gasteiger partial charge >= 0.3 is 13.7 Å². The molecule has 0 aliphatic carbocycles. The van der Waals surface area contributed by atoms with Crippen LogP contribution in [0.15, 0.2) is 35.1 Å². The van der Waals surface area contributed by atoms with Crippen molar-refractivity contribution in [3.05, 3.63) is 35.9 Å². The summed E-state index contributed by atoms with van der Waals surface area (Å²) in [7, 11) is -3.34. The van der Waals surface area contributed by atoms with E-state index in [9.17, 15) is 9.36 Å². The molecular formula is C11H15N4O5P. The Labute approximate surface area is 121 Å². The van der Waals surface area contributed by atoms with E-state index in [0.717, 1.165) is 4.90 Å². The molecule has 0 saturated carbocycles. The summed E-state index contributed by atoms with van der Waals surface area (Å²) in [5.41, 5.74) is 5.79. The van der Waals surface area contributed by atoms with Crippen LogP contribution in [0.5, 0.6) is 0 Å². The molecule has 0 bridgehead atoms. The lowest BCUT2D eigenvalue weighted by atomic mass is 10.2. The monoisotopic (exact) mass is 314 g/mol. The SMILES string of the molecule is CN(CC(=O)O)C(N)=NP(=O)(O)O.N#Cc1ccccc1. The molecular weight excluding hydrogens is 299 g/mol. The summed E-state index contributed by atoms with van der Waals surface area (Å²) in [6, 6.07) is 11.2. The van der Waals surface area contributed by atoms with Crippen LogP contribution >= 0.6 is 7.75 Å². The number of carboxylic acid groups (broad SMARTS) is 1. The first-order valence-corrected chi connectivity index (χ1v) is 7.01. The molecule has 0 amide bonds. The quantitative estimate of drug-likeness (QED) is 0.343. The van der Waals surface area contributed by atoms with Crippen LogP contribution in [-0.4, -0.2) is 45.3 Å². The zero-order valence-corrected chi connectivity index (χ0v) is 12.0. The minimum Gasteiger partial charge on any atom is -0.480 e. The zero-order chi connectivity index (χ0) is 16.5. The summed E-state index contributed by atoms with van der Waals surface area (Å²) < 4.78 is 13.1. The lowest BCUT2D eigenvalue weighted by Gasteiger charge is -2.14. The molecule has 114 valence electrons. The van der Waals surface area contributed by atoms with Gasteiger partial charge < -0.3 is 25.5 Å². The Kier molecular flexibility index (Phi) is 7.71. The van der Waals surface area contributed by atoms with Crippen LogP contribution in [0, 0.1) is 11.3 Å². The first-order valence-electron chi connectivity index (χ1n) is 5.45. The van der Waals surface area contributed by atoms with Gasteiger partial charge in [-0.25, -0.2) is 4.57 Å². The fourth-order valence-corrected chi connectivity index (χ4v) is 1.43. The van der Waals surface area contributed by atoms with Crippen molar-refractivity contribution in [1.82, 2.24) is 4.90 Å². The van der Waals surface area contributed by atoms with Crippen molar-refractivity contribution in [3.8, 4) is 6.07 Å². The Bertz CT molecular complexity index is 578. The molecule has 10 heteroatoms. The van der Waals surface area contributed by atoms with E-state index >= 15 is 0 Å². The third-order valence-electron chi connectivity index (χ3n) is 1.90. The summed E-state index contributed by atoms with van der Waals surface area (Å²) in [6.45, 7) is -0.477. The zero-order valence-electron chi connectivity index (χ0n) is 11.1. The van der Waals surface area contributed by atoms with Gasteiger partial charge in [0.1, 0.15) is 6.54 Å². The van der Waals surface area contributed by atoms with Crippen LogP contribution in [0.4, 0.5) is 0 Å². The third kappa shape index (κ3) is 10.1. The van der Waals surface area contributed by atoms with Gasteiger partial charge in [-0.2, -0.15) is 5.26 Å². The highest BCUT2D eigenvalue weighted by Gasteiger charge is 2.14. The van der Waals surface area contributed by atoms with Crippen molar-refractivity contribution in [2.75, 3.05) is 13.6 Å². The molecule has 1 aromatic carbocycles. The third-order valence-corrected chi connectivity index (χ3v) is 2.36. The van der Waals surface area contributed by atoms with Crippen molar-refractivity contribution < 1.29 is 24.3 Å². The second kappa shape index (κ2) is 8.71. The molecule has 0 heterocycles. The molecule has 1 aromatic rings. The molecule has 0 saturated heterocycles. The highest BCUT2D eigenvalue weighted by Crippen LogP contribution is 2.35. The Morgan fingerprint density at radius 2 is 1.95 bits per heavy atom. The average molecular weight is 314 g/mol. The van der Waals surface area contributed by atoms with Gasteiger partial charge in [-0.1, -0.05) is 18.2 Å². The molecule has 1 rings (SSSR count). The second-order valence-corrected chi connectivity index (χ2v) is 4.93. The maximum atomic E-state index is 10.3. The highest BCUT2D eigenvalue weighted by molar-refractivity contribution is 7.50. The predicted octanol–water partition coefficient (Wildman–Crippen LogP) is -0.0315. The number of guanidine groups is 1. The van der Waals surface area contributed by atoms with Crippen molar-refractivity contribution in [2.45, 2.75) is 0 Å². The normalized spacial score (nSPS) is 10.9. The minimum atomic E-state index is -4.59. The van der Waals surface area contributed by atoms with Gasteiger partial charge in [0, 0.05) is 7.05 Å². The van der Waals surface area contributed by atoms with Crippen molar-refractivity contribution in [2.24, 2.45) is 10.5 Å². The topological polar surface area (TPSA) is 160 Å². The molecule has 0 radical (unpaired) electrons. The van der Waals surface area contributed by atoms with E-state index in [1.807, 2.05) is 24.3 Å². The number of hydrogen-bond acceptors (Lipinski definition) is 3. The second-order valence-electron chi connectivity index (χ2n) is 3.70. The minimum absolute atomic E-state index is 0.477. The summed E-state index contributed by atoms with van der Waals surface area (Å²) in [6.07, 6.45) is 0. The summed E-state index contributed by atoms with van der Waals surface area (Å²) in [5.74, 6) is -1.69. The number of benzene rings is 1. The number of nitriles is 1. The average Bonchev–Trinajstić information content (AvgIpc) is 2.37. The van der Waals surface area contributed by atoms with Gasteiger partial charge in [0.05, 0.1) is 11.6 Å². The molecule has 0 aromatic heterocycles. The molecule has 9 nitrogen and oxygen atoms in total. The molecule has 0 unspecified atom stereocenters. The number of carboxylic acids is 1.